The molecule has 0 aromatic rings. The highest BCUT2D eigenvalue weighted by Gasteiger charge is 2.13. The monoisotopic (exact) mass is 146 g/mol. The van der Waals surface area contributed by atoms with Gasteiger partial charge < -0.3 is 15.8 Å². The second-order valence-electron chi connectivity index (χ2n) is 1.72. The first kappa shape index (κ1) is 8.90. The number of rotatable bonds is 3. The molecular formula is C5H10N2O3. The van der Waals surface area contributed by atoms with Crippen molar-refractivity contribution in [3.63, 3.8) is 0 Å². The van der Waals surface area contributed by atoms with Gasteiger partial charge >= 0.3 is 0 Å². The van der Waals surface area contributed by atoms with Gasteiger partial charge in [0.25, 0.3) is 5.91 Å². The number of amides is 2. The van der Waals surface area contributed by atoms with Crippen LogP contribution in [0.3, 0.4) is 0 Å². The molecule has 0 aliphatic carbocycles. The number of primary amides is 1. The summed E-state index contributed by atoms with van der Waals surface area (Å²) in [5.41, 5.74) is 4.82. The molecule has 1 atom stereocenters. The number of methoxy groups -OCH3 is 1. The van der Waals surface area contributed by atoms with Crippen LogP contribution in [0.1, 0.15) is 6.92 Å². The molecule has 0 rings (SSSR count). The van der Waals surface area contributed by atoms with Gasteiger partial charge in [0.2, 0.25) is 12.1 Å². The lowest BCUT2D eigenvalue weighted by Gasteiger charge is -2.10. The van der Waals surface area contributed by atoms with E-state index in [-0.39, 0.29) is 5.91 Å². The van der Waals surface area contributed by atoms with E-state index in [0.717, 1.165) is 0 Å². The average molecular weight is 146 g/mol. The molecule has 0 aliphatic heterocycles. The zero-order chi connectivity index (χ0) is 8.15. The molecule has 5 nitrogen and oxygen atoms in total. The molecule has 58 valence electrons. The van der Waals surface area contributed by atoms with Gasteiger partial charge in [0.15, 0.2) is 0 Å². The number of hydrogen-bond acceptors (Lipinski definition) is 3. The van der Waals surface area contributed by atoms with Gasteiger partial charge in [-0.25, -0.2) is 0 Å². The number of nitrogens with one attached hydrogen (secondary N) is 1. The van der Waals surface area contributed by atoms with Gasteiger partial charge in [-0.15, -0.1) is 0 Å². The maximum Gasteiger partial charge on any atom is 0.267 e. The Morgan fingerprint density at radius 2 is 2.10 bits per heavy atom. The van der Waals surface area contributed by atoms with Gasteiger partial charge in [0.1, 0.15) is 0 Å². The van der Waals surface area contributed by atoms with E-state index >= 15 is 0 Å². The van der Waals surface area contributed by atoms with Crippen LogP contribution in [0.15, 0.2) is 0 Å². The van der Waals surface area contributed by atoms with Crippen molar-refractivity contribution in [3.8, 4) is 0 Å². The van der Waals surface area contributed by atoms with Gasteiger partial charge in [-0.3, -0.25) is 9.59 Å². The fraction of sp³-hybridized carbons (Fsp3) is 0.600. The Morgan fingerprint density at radius 3 is 2.20 bits per heavy atom. The van der Waals surface area contributed by atoms with E-state index in [1.165, 1.54) is 14.0 Å². The lowest BCUT2D eigenvalue weighted by molar-refractivity contribution is -0.135. The largest absolute Gasteiger partial charge is 0.366 e. The predicted octanol–water partition coefficient (Wildman–Crippen LogP) is -1.42. The standard InChI is InChI=1S/C5H10N2O3/c1-3(8)7-5(10-2)4(6)9/h5H,1-2H3,(H2,6,9)(H,7,8). The molecule has 5 heteroatoms. The SMILES string of the molecule is COC(NC(C)=O)C(N)=O. The van der Waals surface area contributed by atoms with Crippen molar-refractivity contribution in [1.29, 1.82) is 0 Å². The van der Waals surface area contributed by atoms with E-state index in [2.05, 4.69) is 10.1 Å². The fourth-order valence-electron chi connectivity index (χ4n) is 0.431. The summed E-state index contributed by atoms with van der Waals surface area (Å²) >= 11 is 0. The molecule has 2 amide bonds. The first-order valence-electron chi connectivity index (χ1n) is 2.67. The zero-order valence-electron chi connectivity index (χ0n) is 5.88. The van der Waals surface area contributed by atoms with Crippen molar-refractivity contribution in [2.24, 2.45) is 5.73 Å². The highest BCUT2D eigenvalue weighted by Crippen LogP contribution is 1.80. The van der Waals surface area contributed by atoms with E-state index in [1.54, 1.807) is 0 Å². The van der Waals surface area contributed by atoms with Crippen LogP contribution in [-0.4, -0.2) is 25.2 Å². The minimum absolute atomic E-state index is 0.356. The van der Waals surface area contributed by atoms with Crippen molar-refractivity contribution < 1.29 is 14.3 Å². The van der Waals surface area contributed by atoms with Gasteiger partial charge in [0, 0.05) is 14.0 Å². The Kier molecular flexibility index (Phi) is 3.42. The van der Waals surface area contributed by atoms with Gasteiger partial charge in [0.05, 0.1) is 0 Å². The Hall–Kier alpha value is -1.10. The van der Waals surface area contributed by atoms with Crippen LogP contribution >= 0.6 is 0 Å². The summed E-state index contributed by atoms with van der Waals surface area (Å²) < 4.78 is 4.52. The van der Waals surface area contributed by atoms with Crippen LogP contribution in [0.25, 0.3) is 0 Å². The van der Waals surface area contributed by atoms with E-state index in [4.69, 9.17) is 5.73 Å². The third-order valence-electron chi connectivity index (χ3n) is 0.828. The molecule has 0 heterocycles. The van der Waals surface area contributed by atoms with Crippen LogP contribution < -0.4 is 11.1 Å². The second kappa shape index (κ2) is 3.84. The summed E-state index contributed by atoms with van der Waals surface area (Å²) in [5.74, 6) is -1.07. The summed E-state index contributed by atoms with van der Waals surface area (Å²) in [6, 6.07) is 0. The van der Waals surface area contributed by atoms with Gasteiger partial charge in [-0.1, -0.05) is 0 Å². The minimum Gasteiger partial charge on any atom is -0.366 e. The lowest BCUT2D eigenvalue weighted by atomic mass is 10.5. The van der Waals surface area contributed by atoms with Crippen LogP contribution in [-0.2, 0) is 14.3 Å². The molecule has 0 aromatic carbocycles. The first-order valence-corrected chi connectivity index (χ1v) is 2.67. The zero-order valence-corrected chi connectivity index (χ0v) is 5.88. The number of hydrogen-bond donors (Lipinski definition) is 2. The lowest BCUT2D eigenvalue weighted by Crippen LogP contribution is -2.44. The summed E-state index contributed by atoms with van der Waals surface area (Å²) in [7, 11) is 1.28. The quantitative estimate of drug-likeness (QED) is 0.479. The van der Waals surface area contributed by atoms with Crippen molar-refractivity contribution in [1.82, 2.24) is 5.32 Å². The minimum atomic E-state index is -1.02. The van der Waals surface area contributed by atoms with E-state index in [0.29, 0.717) is 0 Å². The molecule has 1 unspecified atom stereocenters. The highest BCUT2D eigenvalue weighted by atomic mass is 16.5. The molecule has 0 aliphatic rings. The maximum absolute atomic E-state index is 10.3. The Bertz CT molecular complexity index is 146. The topological polar surface area (TPSA) is 81.4 Å². The van der Waals surface area contributed by atoms with E-state index < -0.39 is 12.1 Å². The summed E-state index contributed by atoms with van der Waals surface area (Å²) in [5, 5.41) is 2.19. The van der Waals surface area contributed by atoms with Crippen LogP contribution in [0.4, 0.5) is 0 Å². The molecule has 0 saturated heterocycles. The smallest absolute Gasteiger partial charge is 0.267 e. The molecule has 0 fully saturated rings. The number of carbonyl (C=O) groups excluding carboxylic acids is 2. The third kappa shape index (κ3) is 3.03. The van der Waals surface area contributed by atoms with Crippen LogP contribution in [0.2, 0.25) is 0 Å². The van der Waals surface area contributed by atoms with Crippen molar-refractivity contribution in [3.05, 3.63) is 0 Å². The van der Waals surface area contributed by atoms with Crippen molar-refractivity contribution in [2.75, 3.05) is 7.11 Å². The number of nitrogens with two attached hydrogens (primary N) is 1. The maximum atomic E-state index is 10.3. The molecule has 0 saturated carbocycles. The summed E-state index contributed by atoms with van der Waals surface area (Å²) in [4.78, 5) is 20.7. The second-order valence-corrected chi connectivity index (χ2v) is 1.72. The molecular weight excluding hydrogens is 136 g/mol. The Labute approximate surface area is 58.5 Å². The molecule has 0 radical (unpaired) electrons. The number of ether oxygens (including phenoxy) is 1. The molecule has 3 N–H and O–H groups in total. The highest BCUT2D eigenvalue weighted by molar-refractivity contribution is 5.84. The molecule has 0 aromatic heterocycles. The van der Waals surface area contributed by atoms with Gasteiger partial charge in [-0.2, -0.15) is 0 Å². The first-order chi connectivity index (χ1) is 4.57. The summed E-state index contributed by atoms with van der Waals surface area (Å²) in [6.45, 7) is 1.27. The third-order valence-corrected chi connectivity index (χ3v) is 0.828. The molecule has 0 spiro atoms. The summed E-state index contributed by atoms with van der Waals surface area (Å²) in [6.07, 6.45) is -1.02. The Morgan fingerprint density at radius 1 is 1.60 bits per heavy atom. The normalized spacial score (nSPS) is 12.2. The predicted molar refractivity (Wildman–Crippen MR) is 33.8 cm³/mol. The Balaban J connectivity index is 3.83. The van der Waals surface area contributed by atoms with E-state index in [9.17, 15) is 9.59 Å². The van der Waals surface area contributed by atoms with Crippen LogP contribution in [0, 0.1) is 0 Å². The van der Waals surface area contributed by atoms with Crippen LogP contribution in [0.5, 0.6) is 0 Å². The van der Waals surface area contributed by atoms with E-state index in [1.807, 2.05) is 0 Å². The van der Waals surface area contributed by atoms with Crippen molar-refractivity contribution in [2.45, 2.75) is 13.2 Å². The fourth-order valence-corrected chi connectivity index (χ4v) is 0.431. The van der Waals surface area contributed by atoms with Crippen molar-refractivity contribution >= 4 is 11.8 Å². The molecule has 10 heavy (non-hydrogen) atoms. The van der Waals surface area contributed by atoms with Gasteiger partial charge in [-0.05, 0) is 0 Å². The molecule has 0 bridgehead atoms. The average Bonchev–Trinajstić information content (AvgIpc) is 1.81. The number of carbonyl (C=O) groups is 2.